The predicted octanol–water partition coefficient (Wildman–Crippen LogP) is 5.06. The van der Waals surface area contributed by atoms with E-state index in [1.54, 1.807) is 17.6 Å². The van der Waals surface area contributed by atoms with Crippen LogP contribution in [-0.4, -0.2) is 31.1 Å². The second-order valence-electron chi connectivity index (χ2n) is 6.64. The highest BCUT2D eigenvalue weighted by molar-refractivity contribution is 7.20. The zero-order valence-corrected chi connectivity index (χ0v) is 17.1. The van der Waals surface area contributed by atoms with Gasteiger partial charge in [-0.1, -0.05) is 42.5 Å². The summed E-state index contributed by atoms with van der Waals surface area (Å²) in [5.41, 5.74) is 7.05. The first-order chi connectivity index (χ1) is 14.2. The molecular formula is C23H21N5S. The number of fused-ring (bicyclic) bond motifs is 1. The highest BCUT2D eigenvalue weighted by Crippen LogP contribution is 2.23. The second-order valence-corrected chi connectivity index (χ2v) is 7.67. The van der Waals surface area contributed by atoms with Crippen LogP contribution in [0.25, 0.3) is 10.2 Å². The maximum absolute atomic E-state index is 4.73. The van der Waals surface area contributed by atoms with E-state index >= 15 is 0 Å². The molecule has 0 saturated carbocycles. The molecule has 0 atom stereocenters. The molecule has 1 aromatic heterocycles. The number of hydrogen-bond acceptors (Lipinski definition) is 5. The number of nitrogens with one attached hydrogen (secondary N) is 1. The molecule has 4 aromatic rings. The molecule has 0 radical (unpaired) electrons. The molecule has 0 aliphatic rings. The number of benzene rings is 3. The molecule has 144 valence electrons. The van der Waals surface area contributed by atoms with Crippen LogP contribution in [0, 0.1) is 0 Å². The normalized spacial score (nSPS) is 11.9. The van der Waals surface area contributed by atoms with Crippen molar-refractivity contribution < 1.29 is 0 Å². The SMILES string of the molecule is CN(C)c1ccc(/C=N\NC(=Nc2ccccc2)c2nc3ccccc3s2)cc1. The fraction of sp³-hybridized carbons (Fsp3) is 0.0870. The first-order valence-electron chi connectivity index (χ1n) is 9.25. The second kappa shape index (κ2) is 8.67. The molecule has 4 rings (SSSR count). The number of amidine groups is 1. The summed E-state index contributed by atoms with van der Waals surface area (Å²) in [5, 5.41) is 5.21. The Hall–Kier alpha value is -3.51. The summed E-state index contributed by atoms with van der Waals surface area (Å²) in [5.74, 6) is 0.624. The Morgan fingerprint density at radius 3 is 2.38 bits per heavy atom. The summed E-state index contributed by atoms with van der Waals surface area (Å²) in [4.78, 5) is 11.5. The lowest BCUT2D eigenvalue weighted by Crippen LogP contribution is -2.18. The first-order valence-corrected chi connectivity index (χ1v) is 10.1. The van der Waals surface area contributed by atoms with Gasteiger partial charge in [-0.3, -0.25) is 5.43 Å². The molecule has 0 fully saturated rings. The summed E-state index contributed by atoms with van der Waals surface area (Å²) < 4.78 is 1.12. The number of rotatable bonds is 5. The Morgan fingerprint density at radius 1 is 0.931 bits per heavy atom. The van der Waals surface area contributed by atoms with E-state index < -0.39 is 0 Å². The van der Waals surface area contributed by atoms with Crippen molar-refractivity contribution in [1.82, 2.24) is 10.4 Å². The van der Waals surface area contributed by atoms with Crippen molar-refractivity contribution in [3.8, 4) is 0 Å². The fourth-order valence-corrected chi connectivity index (χ4v) is 3.66. The van der Waals surface area contributed by atoms with E-state index in [1.165, 1.54) is 0 Å². The zero-order valence-electron chi connectivity index (χ0n) is 16.3. The summed E-state index contributed by atoms with van der Waals surface area (Å²) in [6.07, 6.45) is 1.78. The third-order valence-corrected chi connectivity index (χ3v) is 5.33. The van der Waals surface area contributed by atoms with E-state index in [0.717, 1.165) is 32.2 Å². The maximum atomic E-state index is 4.73. The Balaban J connectivity index is 1.61. The van der Waals surface area contributed by atoms with Crippen LogP contribution in [0.1, 0.15) is 10.6 Å². The minimum atomic E-state index is 0.624. The summed E-state index contributed by atoms with van der Waals surface area (Å²) in [6, 6.07) is 26.1. The summed E-state index contributed by atoms with van der Waals surface area (Å²) in [7, 11) is 4.05. The van der Waals surface area contributed by atoms with E-state index in [4.69, 9.17) is 9.98 Å². The molecular weight excluding hydrogens is 378 g/mol. The number of para-hydroxylation sites is 2. The largest absolute Gasteiger partial charge is 0.378 e. The van der Waals surface area contributed by atoms with Crippen molar-refractivity contribution >= 4 is 45.0 Å². The van der Waals surface area contributed by atoms with Crippen LogP contribution >= 0.6 is 11.3 Å². The number of anilines is 1. The van der Waals surface area contributed by atoms with Gasteiger partial charge in [-0.2, -0.15) is 5.10 Å². The third kappa shape index (κ3) is 4.67. The standard InChI is InChI=1S/C23H21N5S/c1-28(2)19-14-12-17(13-15-19)16-24-27-22(25-18-8-4-3-5-9-18)23-26-20-10-6-7-11-21(20)29-23/h3-16H,1-2H3,(H,25,27)/b24-16-. The Morgan fingerprint density at radius 2 is 1.66 bits per heavy atom. The van der Waals surface area contributed by atoms with Gasteiger partial charge < -0.3 is 4.90 Å². The number of aromatic nitrogens is 1. The van der Waals surface area contributed by atoms with Gasteiger partial charge in [0.1, 0.15) is 0 Å². The number of thiazole rings is 1. The molecule has 3 aromatic carbocycles. The van der Waals surface area contributed by atoms with Crippen molar-refractivity contribution in [3.63, 3.8) is 0 Å². The molecule has 0 unspecified atom stereocenters. The van der Waals surface area contributed by atoms with Gasteiger partial charge in [0.05, 0.1) is 22.1 Å². The summed E-state index contributed by atoms with van der Waals surface area (Å²) in [6.45, 7) is 0. The summed E-state index contributed by atoms with van der Waals surface area (Å²) >= 11 is 1.59. The van der Waals surface area contributed by atoms with Gasteiger partial charge in [0.15, 0.2) is 10.8 Å². The predicted molar refractivity (Wildman–Crippen MR) is 124 cm³/mol. The van der Waals surface area contributed by atoms with Crippen molar-refractivity contribution in [3.05, 3.63) is 89.4 Å². The zero-order chi connectivity index (χ0) is 20.1. The van der Waals surface area contributed by atoms with Crippen molar-refractivity contribution in [2.75, 3.05) is 19.0 Å². The molecule has 1 N–H and O–H groups in total. The van der Waals surface area contributed by atoms with E-state index in [0.29, 0.717) is 5.84 Å². The maximum Gasteiger partial charge on any atom is 0.183 e. The van der Waals surface area contributed by atoms with Crippen molar-refractivity contribution in [2.24, 2.45) is 10.1 Å². The Kier molecular flexibility index (Phi) is 5.63. The topological polar surface area (TPSA) is 52.9 Å². The number of hydrazone groups is 1. The molecule has 29 heavy (non-hydrogen) atoms. The minimum Gasteiger partial charge on any atom is -0.378 e. The quantitative estimate of drug-likeness (QED) is 0.290. The average molecular weight is 400 g/mol. The number of nitrogens with zero attached hydrogens (tertiary/aromatic N) is 4. The minimum absolute atomic E-state index is 0.624. The van der Waals surface area contributed by atoms with Gasteiger partial charge in [-0.15, -0.1) is 11.3 Å². The van der Waals surface area contributed by atoms with Gasteiger partial charge in [0.25, 0.3) is 0 Å². The molecule has 0 amide bonds. The van der Waals surface area contributed by atoms with Gasteiger partial charge in [-0.05, 0) is 42.0 Å². The molecule has 0 bridgehead atoms. The smallest absolute Gasteiger partial charge is 0.183 e. The van der Waals surface area contributed by atoms with Crippen LogP contribution in [-0.2, 0) is 0 Å². The van der Waals surface area contributed by atoms with E-state index in [-0.39, 0.29) is 0 Å². The van der Waals surface area contributed by atoms with Crippen molar-refractivity contribution in [2.45, 2.75) is 0 Å². The van der Waals surface area contributed by atoms with E-state index in [1.807, 2.05) is 74.8 Å². The molecule has 0 aliphatic carbocycles. The molecule has 5 nitrogen and oxygen atoms in total. The van der Waals surface area contributed by atoms with E-state index in [2.05, 4.69) is 33.6 Å². The van der Waals surface area contributed by atoms with Gasteiger partial charge in [-0.25, -0.2) is 9.98 Å². The van der Waals surface area contributed by atoms with Crippen LogP contribution in [0.2, 0.25) is 0 Å². The van der Waals surface area contributed by atoms with Crippen molar-refractivity contribution in [1.29, 1.82) is 0 Å². The molecule has 0 saturated heterocycles. The average Bonchev–Trinajstić information content (AvgIpc) is 3.18. The van der Waals surface area contributed by atoms with Crippen LogP contribution in [0.5, 0.6) is 0 Å². The lowest BCUT2D eigenvalue weighted by molar-refractivity contribution is 1.03. The van der Waals surface area contributed by atoms with E-state index in [9.17, 15) is 0 Å². The molecule has 0 aliphatic heterocycles. The first kappa shape index (κ1) is 18.8. The molecule has 1 heterocycles. The lowest BCUT2D eigenvalue weighted by Gasteiger charge is -2.11. The van der Waals surface area contributed by atoms with Crippen LogP contribution in [0.3, 0.4) is 0 Å². The molecule has 0 spiro atoms. The molecule has 6 heteroatoms. The van der Waals surface area contributed by atoms with Gasteiger partial charge in [0.2, 0.25) is 0 Å². The fourth-order valence-electron chi connectivity index (χ4n) is 2.75. The number of hydrogen-bond donors (Lipinski definition) is 1. The Labute approximate surface area is 174 Å². The van der Waals surface area contributed by atoms with Gasteiger partial charge in [0, 0.05) is 19.8 Å². The third-order valence-electron chi connectivity index (χ3n) is 4.29. The monoisotopic (exact) mass is 399 g/mol. The van der Waals surface area contributed by atoms with Crippen LogP contribution < -0.4 is 10.3 Å². The van der Waals surface area contributed by atoms with Crippen LogP contribution in [0.15, 0.2) is 89.0 Å². The Bertz CT molecular complexity index is 1110. The highest BCUT2D eigenvalue weighted by Gasteiger charge is 2.10. The number of aliphatic imine (C=N–C) groups is 1. The lowest BCUT2D eigenvalue weighted by atomic mass is 10.2. The van der Waals surface area contributed by atoms with Gasteiger partial charge >= 0.3 is 0 Å². The van der Waals surface area contributed by atoms with Crippen LogP contribution in [0.4, 0.5) is 11.4 Å². The highest BCUT2D eigenvalue weighted by atomic mass is 32.1.